The zero-order valence-electron chi connectivity index (χ0n) is 42.1. The van der Waals surface area contributed by atoms with Crippen LogP contribution in [0.2, 0.25) is 0 Å². The van der Waals surface area contributed by atoms with Crippen LogP contribution in [0.15, 0.2) is 291 Å². The van der Waals surface area contributed by atoms with Crippen molar-refractivity contribution < 1.29 is 0 Å². The van der Waals surface area contributed by atoms with Gasteiger partial charge in [-0.3, -0.25) is 0 Å². The van der Waals surface area contributed by atoms with Gasteiger partial charge in [0.25, 0.3) is 0 Å². The van der Waals surface area contributed by atoms with Gasteiger partial charge in [-0.1, -0.05) is 231 Å². The summed E-state index contributed by atoms with van der Waals surface area (Å²) in [5, 5.41) is 9.85. The zero-order chi connectivity index (χ0) is 50.6. The minimum Gasteiger partial charge on any atom is -0.309 e. The van der Waals surface area contributed by atoms with Crippen LogP contribution >= 0.6 is 0 Å². The molecule has 0 bridgehead atoms. The molecule has 2 aromatic heterocycles. The van der Waals surface area contributed by atoms with Gasteiger partial charge in [-0.15, -0.1) is 0 Å². The van der Waals surface area contributed by atoms with Crippen molar-refractivity contribution in [1.82, 2.24) is 9.13 Å². The van der Waals surface area contributed by atoms with Crippen molar-refractivity contribution in [2.75, 3.05) is 0 Å². The van der Waals surface area contributed by atoms with Crippen molar-refractivity contribution in [3.05, 3.63) is 313 Å². The molecule has 0 unspecified atom stereocenters. The number of aromatic nitrogens is 2. The second-order valence-corrected chi connectivity index (χ2v) is 20.7. The average Bonchev–Trinajstić information content (AvgIpc) is 4.34. The first-order valence-electron chi connectivity index (χ1n) is 26.7. The first-order valence-corrected chi connectivity index (χ1v) is 26.7. The lowest BCUT2D eigenvalue weighted by Crippen LogP contribution is -2.28. The molecule has 0 aliphatic heterocycles. The molecule has 0 radical (unpaired) electrons. The molecule has 2 heteroatoms. The van der Waals surface area contributed by atoms with E-state index in [1.54, 1.807) is 0 Å². The van der Waals surface area contributed by atoms with E-state index in [0.717, 1.165) is 11.4 Å². The molecule has 2 nitrogen and oxygen atoms in total. The predicted octanol–water partition coefficient (Wildman–Crippen LogP) is 19.6. The fourth-order valence-corrected chi connectivity index (χ4v) is 13.6. The highest BCUT2D eigenvalue weighted by Gasteiger charge is 2.46. The summed E-state index contributed by atoms with van der Waals surface area (Å²) in [6, 6.07) is 108. The molecule has 16 rings (SSSR count). The van der Waals surface area contributed by atoms with E-state index >= 15 is 0 Å². The SMILES string of the molecule is c1ccc(-n2c3ccccc3c3ccc(-c4cccc5c(-c6ccc7c(c6)-c6ccccc6C7(c6ccccc6)c6ccccc6)c6cccc(-c7ccc8c9ccccc9n(-c9ccccc9)c8c7)c6cc45)cc32)cc1. The molecule has 0 amide bonds. The van der Waals surface area contributed by atoms with E-state index in [-0.39, 0.29) is 0 Å². The number of fused-ring (bicyclic) bond motifs is 11. The molecule has 358 valence electrons. The largest absolute Gasteiger partial charge is 0.309 e. The predicted molar refractivity (Wildman–Crippen MR) is 324 cm³/mol. The van der Waals surface area contributed by atoms with E-state index in [0.29, 0.717) is 0 Å². The fraction of sp³-hybridized carbons (Fsp3) is 0.0133. The molecule has 0 saturated heterocycles. The van der Waals surface area contributed by atoms with Gasteiger partial charge in [-0.25, -0.2) is 0 Å². The number of hydrogen-bond acceptors (Lipinski definition) is 0. The summed E-state index contributed by atoms with van der Waals surface area (Å²) >= 11 is 0. The van der Waals surface area contributed by atoms with Crippen LogP contribution in [0.25, 0.3) is 121 Å². The first kappa shape index (κ1) is 43.4. The van der Waals surface area contributed by atoms with Crippen LogP contribution in [-0.2, 0) is 5.41 Å². The molecule has 0 N–H and O–H groups in total. The summed E-state index contributed by atoms with van der Waals surface area (Å²) in [5.41, 5.74) is 21.4. The zero-order valence-corrected chi connectivity index (χ0v) is 42.1. The third-order valence-corrected chi connectivity index (χ3v) is 16.8. The van der Waals surface area contributed by atoms with Gasteiger partial charge in [0, 0.05) is 32.9 Å². The smallest absolute Gasteiger partial charge is 0.0713 e. The Balaban J connectivity index is 0.985. The molecule has 0 spiro atoms. The quantitative estimate of drug-likeness (QED) is 0.141. The van der Waals surface area contributed by atoms with Crippen LogP contribution in [0.1, 0.15) is 22.3 Å². The van der Waals surface area contributed by atoms with E-state index in [9.17, 15) is 0 Å². The van der Waals surface area contributed by atoms with Gasteiger partial charge in [-0.2, -0.15) is 0 Å². The molecule has 1 aliphatic carbocycles. The van der Waals surface area contributed by atoms with Gasteiger partial charge >= 0.3 is 0 Å². The standard InChI is InChI=1S/C75H48N2/c1-5-21-52(22-6-1)75(53-23-7-2-8-24-53)68-36-16-13-29-58(68)67-45-51(41-44-69(67)75)74-63-34-19-32-56(49-39-42-61-59-30-14-17-37-70(59)76(72(61)46-49)54-25-9-3-10-26-54)65(63)48-66-57(33-20-35-64(66)74)50-40-43-62-60-31-15-18-38-71(60)77(73(62)47-50)55-27-11-4-12-28-55/h1-48H. The Morgan fingerprint density at radius 3 is 1.16 bits per heavy atom. The number of benzene rings is 13. The third-order valence-electron chi connectivity index (χ3n) is 16.8. The monoisotopic (exact) mass is 976 g/mol. The normalized spacial score (nSPS) is 12.8. The number of rotatable bonds is 7. The maximum absolute atomic E-state index is 2.50. The minimum absolute atomic E-state index is 0.490. The van der Waals surface area contributed by atoms with E-state index in [4.69, 9.17) is 0 Å². The molecule has 2 heterocycles. The summed E-state index contributed by atoms with van der Waals surface area (Å²) in [6.45, 7) is 0. The van der Waals surface area contributed by atoms with Gasteiger partial charge in [0.1, 0.15) is 0 Å². The number of para-hydroxylation sites is 4. The van der Waals surface area contributed by atoms with Crippen LogP contribution in [0.3, 0.4) is 0 Å². The second-order valence-electron chi connectivity index (χ2n) is 20.7. The molecule has 77 heavy (non-hydrogen) atoms. The van der Waals surface area contributed by atoms with Crippen molar-refractivity contribution >= 4 is 65.2 Å². The van der Waals surface area contributed by atoms with Gasteiger partial charge in [0.2, 0.25) is 0 Å². The van der Waals surface area contributed by atoms with E-state index in [1.807, 2.05) is 0 Å². The van der Waals surface area contributed by atoms with Crippen LogP contribution in [0, 0.1) is 0 Å². The summed E-state index contributed by atoms with van der Waals surface area (Å²) in [5.74, 6) is 0. The molecule has 0 atom stereocenters. The fourth-order valence-electron chi connectivity index (χ4n) is 13.6. The number of hydrogen-bond donors (Lipinski definition) is 0. The molecule has 0 saturated carbocycles. The molecule has 1 aliphatic rings. The van der Waals surface area contributed by atoms with E-state index < -0.39 is 5.41 Å². The Bertz CT molecular complexity index is 4580. The average molecular weight is 977 g/mol. The van der Waals surface area contributed by atoms with Crippen molar-refractivity contribution in [2.45, 2.75) is 5.41 Å². The summed E-state index contributed by atoms with van der Waals surface area (Å²) < 4.78 is 4.85. The lowest BCUT2D eigenvalue weighted by atomic mass is 9.67. The molecule has 13 aromatic carbocycles. The van der Waals surface area contributed by atoms with Crippen LogP contribution in [0.4, 0.5) is 0 Å². The van der Waals surface area contributed by atoms with Crippen molar-refractivity contribution in [1.29, 1.82) is 0 Å². The maximum Gasteiger partial charge on any atom is 0.0713 e. The highest BCUT2D eigenvalue weighted by molar-refractivity contribution is 6.20. The molecule has 0 fully saturated rings. The molecular formula is C75H48N2. The summed E-state index contributed by atoms with van der Waals surface area (Å²) in [7, 11) is 0. The Kier molecular flexibility index (Phi) is 9.58. The lowest BCUT2D eigenvalue weighted by Gasteiger charge is -2.33. The Hall–Kier alpha value is -10.0. The highest BCUT2D eigenvalue weighted by Crippen LogP contribution is 2.57. The Morgan fingerprint density at radius 1 is 0.221 bits per heavy atom. The Labute approximate surface area is 446 Å². The minimum atomic E-state index is -0.490. The van der Waals surface area contributed by atoms with E-state index in [1.165, 1.54) is 132 Å². The first-order chi connectivity index (χ1) is 38.2. The van der Waals surface area contributed by atoms with Gasteiger partial charge in [0.15, 0.2) is 0 Å². The second kappa shape index (κ2) is 17.0. The van der Waals surface area contributed by atoms with Gasteiger partial charge in [0.05, 0.1) is 27.5 Å². The Morgan fingerprint density at radius 2 is 0.623 bits per heavy atom. The topological polar surface area (TPSA) is 9.86 Å². The van der Waals surface area contributed by atoms with Gasteiger partial charge in [-0.05, 0) is 149 Å². The molecular weight excluding hydrogens is 929 g/mol. The van der Waals surface area contributed by atoms with Crippen LogP contribution in [0.5, 0.6) is 0 Å². The van der Waals surface area contributed by atoms with Crippen LogP contribution < -0.4 is 0 Å². The lowest BCUT2D eigenvalue weighted by molar-refractivity contribution is 0.768. The van der Waals surface area contributed by atoms with Crippen molar-refractivity contribution in [3.63, 3.8) is 0 Å². The van der Waals surface area contributed by atoms with Crippen molar-refractivity contribution in [2.24, 2.45) is 0 Å². The molecule has 15 aromatic rings. The maximum atomic E-state index is 2.50. The summed E-state index contributed by atoms with van der Waals surface area (Å²) in [6.07, 6.45) is 0. The van der Waals surface area contributed by atoms with E-state index in [2.05, 4.69) is 300 Å². The van der Waals surface area contributed by atoms with Gasteiger partial charge < -0.3 is 9.13 Å². The third kappa shape index (κ3) is 6.37. The van der Waals surface area contributed by atoms with Crippen LogP contribution in [-0.4, -0.2) is 9.13 Å². The highest BCUT2D eigenvalue weighted by atomic mass is 15.0. The summed E-state index contributed by atoms with van der Waals surface area (Å²) in [4.78, 5) is 0. The number of nitrogens with zero attached hydrogens (tertiary/aromatic N) is 2. The van der Waals surface area contributed by atoms with Crippen molar-refractivity contribution in [3.8, 4) is 55.9 Å².